The summed E-state index contributed by atoms with van der Waals surface area (Å²) in [4.78, 5) is 4.23. The first-order valence-electron chi connectivity index (χ1n) is 5.34. The van der Waals surface area contributed by atoms with Crippen LogP contribution in [0.15, 0.2) is 29.1 Å². The molecule has 0 saturated carbocycles. The summed E-state index contributed by atoms with van der Waals surface area (Å²) < 4.78 is 18.9. The van der Waals surface area contributed by atoms with Gasteiger partial charge in [-0.1, -0.05) is 0 Å². The molecule has 1 aromatic carbocycles. The van der Waals surface area contributed by atoms with Crippen LogP contribution in [0.25, 0.3) is 0 Å². The lowest BCUT2D eigenvalue weighted by molar-refractivity contribution is 0.157. The molecule has 1 aliphatic heterocycles. The molecule has 1 unspecified atom stereocenters. The van der Waals surface area contributed by atoms with Crippen LogP contribution >= 0.6 is 11.3 Å². The Morgan fingerprint density at radius 3 is 3.12 bits per heavy atom. The van der Waals surface area contributed by atoms with E-state index in [1.165, 1.54) is 23.5 Å². The molecule has 0 aliphatic carbocycles. The molecule has 1 aromatic heterocycles. The number of thiazole rings is 1. The topological polar surface area (TPSA) is 48.1 Å². The second-order valence-electron chi connectivity index (χ2n) is 4.04. The number of ether oxygens (including phenoxy) is 1. The predicted molar refractivity (Wildman–Crippen MR) is 63.4 cm³/mol. The zero-order valence-corrected chi connectivity index (χ0v) is 9.78. The molecule has 0 saturated heterocycles. The Balaban J connectivity index is 1.96. The third kappa shape index (κ3) is 1.92. The van der Waals surface area contributed by atoms with E-state index in [0.717, 1.165) is 11.3 Å². The Labute approximate surface area is 102 Å². The van der Waals surface area contributed by atoms with Gasteiger partial charge in [-0.25, -0.2) is 9.37 Å². The Kier molecular flexibility index (Phi) is 2.57. The molecule has 5 heteroatoms. The van der Waals surface area contributed by atoms with Gasteiger partial charge in [0.15, 0.2) is 0 Å². The maximum atomic E-state index is 13.1. The summed E-state index contributed by atoms with van der Waals surface area (Å²) in [5.74, 6) is 0.373. The first kappa shape index (κ1) is 10.7. The number of aromatic nitrogens is 1. The highest BCUT2D eigenvalue weighted by Gasteiger charge is 2.28. The minimum Gasteiger partial charge on any atom is -0.484 e. The predicted octanol–water partition coefficient (Wildman–Crippen LogP) is 2.81. The molecular weight excluding hydrogens is 239 g/mol. The summed E-state index contributed by atoms with van der Waals surface area (Å²) in [6, 6.07) is 4.25. The van der Waals surface area contributed by atoms with E-state index in [0.29, 0.717) is 12.2 Å². The maximum Gasteiger partial charge on any atom is 0.143 e. The van der Waals surface area contributed by atoms with Crippen molar-refractivity contribution < 1.29 is 9.13 Å². The summed E-state index contributed by atoms with van der Waals surface area (Å²) in [5.41, 5.74) is 9.43. The van der Waals surface area contributed by atoms with Gasteiger partial charge < -0.3 is 10.5 Å². The van der Waals surface area contributed by atoms with Gasteiger partial charge in [0.25, 0.3) is 0 Å². The maximum absolute atomic E-state index is 13.1. The van der Waals surface area contributed by atoms with Crippen LogP contribution in [0.5, 0.6) is 5.75 Å². The molecule has 3 nitrogen and oxygen atoms in total. The number of benzene rings is 1. The Morgan fingerprint density at radius 2 is 2.35 bits per heavy atom. The number of rotatable bonds is 1. The molecule has 2 N–H and O–H groups in total. The van der Waals surface area contributed by atoms with E-state index in [4.69, 9.17) is 10.5 Å². The van der Waals surface area contributed by atoms with E-state index in [1.807, 2.05) is 5.38 Å². The number of hydrogen-bond acceptors (Lipinski definition) is 4. The lowest BCUT2D eigenvalue weighted by Crippen LogP contribution is -2.24. The van der Waals surface area contributed by atoms with Crippen LogP contribution in [0.1, 0.15) is 29.8 Å². The molecule has 1 aliphatic rings. The van der Waals surface area contributed by atoms with Gasteiger partial charge in [-0.15, -0.1) is 11.3 Å². The van der Waals surface area contributed by atoms with Gasteiger partial charge >= 0.3 is 0 Å². The van der Waals surface area contributed by atoms with Crippen LogP contribution < -0.4 is 10.5 Å². The minimum atomic E-state index is -0.282. The molecule has 88 valence electrons. The van der Waals surface area contributed by atoms with Gasteiger partial charge in [-0.2, -0.15) is 0 Å². The monoisotopic (exact) mass is 250 g/mol. The molecule has 2 heterocycles. The molecule has 3 rings (SSSR count). The molecule has 0 spiro atoms. The normalized spacial score (nSPS) is 22.9. The molecule has 2 aromatic rings. The van der Waals surface area contributed by atoms with Crippen LogP contribution in [0.3, 0.4) is 0 Å². The van der Waals surface area contributed by atoms with Crippen molar-refractivity contribution in [3.63, 3.8) is 0 Å². The smallest absolute Gasteiger partial charge is 0.143 e. The zero-order chi connectivity index (χ0) is 11.8. The number of nitrogens with zero attached hydrogens (tertiary/aromatic N) is 1. The Bertz CT molecular complexity index is 529. The van der Waals surface area contributed by atoms with Gasteiger partial charge in [0, 0.05) is 23.4 Å². The Hall–Kier alpha value is -1.46. The van der Waals surface area contributed by atoms with Crippen molar-refractivity contribution in [1.29, 1.82) is 0 Å². The van der Waals surface area contributed by atoms with E-state index >= 15 is 0 Å². The van der Waals surface area contributed by atoms with Crippen molar-refractivity contribution in [1.82, 2.24) is 4.98 Å². The molecule has 0 bridgehead atoms. The van der Waals surface area contributed by atoms with Crippen LogP contribution in [0.4, 0.5) is 4.39 Å². The van der Waals surface area contributed by atoms with Crippen molar-refractivity contribution in [2.24, 2.45) is 5.73 Å². The third-order valence-corrected chi connectivity index (χ3v) is 3.49. The van der Waals surface area contributed by atoms with Gasteiger partial charge in [0.1, 0.15) is 17.7 Å². The second-order valence-corrected chi connectivity index (χ2v) is 4.76. The first-order chi connectivity index (χ1) is 8.24. The standard InChI is InChI=1S/C12H11FN2OS/c13-7-1-2-11-8(3-7)9(14)4-12(16-11)10-5-17-6-15-10/h1-3,5-6,9,12H,4,14H2/t9-,12?/m1/s1. The zero-order valence-electron chi connectivity index (χ0n) is 8.97. The largest absolute Gasteiger partial charge is 0.484 e. The average molecular weight is 250 g/mol. The fourth-order valence-corrected chi connectivity index (χ4v) is 2.63. The van der Waals surface area contributed by atoms with Crippen LogP contribution in [-0.2, 0) is 0 Å². The minimum absolute atomic E-state index is 0.130. The summed E-state index contributed by atoms with van der Waals surface area (Å²) in [5, 5.41) is 1.95. The number of fused-ring (bicyclic) bond motifs is 1. The molecule has 0 amide bonds. The molecule has 17 heavy (non-hydrogen) atoms. The molecule has 2 atom stereocenters. The average Bonchev–Trinajstić information content (AvgIpc) is 2.83. The molecule has 0 radical (unpaired) electrons. The highest BCUT2D eigenvalue weighted by atomic mass is 32.1. The van der Waals surface area contributed by atoms with E-state index < -0.39 is 0 Å². The van der Waals surface area contributed by atoms with Gasteiger partial charge in [0.2, 0.25) is 0 Å². The van der Waals surface area contributed by atoms with Crippen LogP contribution in [0, 0.1) is 5.82 Å². The highest BCUT2D eigenvalue weighted by Crippen LogP contribution is 2.39. The van der Waals surface area contributed by atoms with E-state index in [2.05, 4.69) is 4.98 Å². The van der Waals surface area contributed by atoms with E-state index in [9.17, 15) is 4.39 Å². The molecular formula is C12H11FN2OS. The van der Waals surface area contributed by atoms with Crippen LogP contribution in [0.2, 0.25) is 0 Å². The highest BCUT2D eigenvalue weighted by molar-refractivity contribution is 7.07. The summed E-state index contributed by atoms with van der Waals surface area (Å²) >= 11 is 1.53. The van der Waals surface area contributed by atoms with Crippen molar-refractivity contribution in [2.45, 2.75) is 18.6 Å². The first-order valence-corrected chi connectivity index (χ1v) is 6.28. The SMILES string of the molecule is N[C@@H]1CC(c2cscn2)Oc2ccc(F)cc21. The van der Waals surface area contributed by atoms with E-state index in [1.54, 1.807) is 11.6 Å². The van der Waals surface area contributed by atoms with Gasteiger partial charge in [0.05, 0.1) is 11.2 Å². The van der Waals surface area contributed by atoms with E-state index in [-0.39, 0.29) is 18.0 Å². The second kappa shape index (κ2) is 4.09. The Morgan fingerprint density at radius 1 is 1.47 bits per heavy atom. The number of halogens is 1. The van der Waals surface area contributed by atoms with Crippen molar-refractivity contribution in [3.05, 3.63) is 46.2 Å². The quantitative estimate of drug-likeness (QED) is 0.846. The fourth-order valence-electron chi connectivity index (χ4n) is 2.04. The lowest BCUT2D eigenvalue weighted by Gasteiger charge is -2.29. The third-order valence-electron chi connectivity index (χ3n) is 2.89. The van der Waals surface area contributed by atoms with Crippen molar-refractivity contribution in [2.75, 3.05) is 0 Å². The van der Waals surface area contributed by atoms with Crippen molar-refractivity contribution in [3.8, 4) is 5.75 Å². The summed E-state index contributed by atoms with van der Waals surface area (Å²) in [6.45, 7) is 0. The van der Waals surface area contributed by atoms with Gasteiger partial charge in [-0.3, -0.25) is 0 Å². The fraction of sp³-hybridized carbons (Fsp3) is 0.250. The summed E-state index contributed by atoms with van der Waals surface area (Å²) in [7, 11) is 0. The number of nitrogens with two attached hydrogens (primary N) is 1. The summed E-state index contributed by atoms with van der Waals surface area (Å²) in [6.07, 6.45) is 0.495. The number of hydrogen-bond donors (Lipinski definition) is 1. The lowest BCUT2D eigenvalue weighted by atomic mass is 9.96. The van der Waals surface area contributed by atoms with Gasteiger partial charge in [-0.05, 0) is 18.2 Å². The van der Waals surface area contributed by atoms with Crippen LogP contribution in [-0.4, -0.2) is 4.98 Å². The molecule has 0 fully saturated rings. The van der Waals surface area contributed by atoms with Crippen molar-refractivity contribution >= 4 is 11.3 Å².